The van der Waals surface area contributed by atoms with Crippen molar-refractivity contribution in [3.63, 3.8) is 0 Å². The average Bonchev–Trinajstić information content (AvgIpc) is 2.38. The summed E-state index contributed by atoms with van der Waals surface area (Å²) in [7, 11) is 0. The summed E-state index contributed by atoms with van der Waals surface area (Å²) in [5, 5.41) is 13.3. The highest BCUT2D eigenvalue weighted by atomic mass is 19.1. The molecule has 3 nitrogen and oxygen atoms in total. The van der Waals surface area contributed by atoms with E-state index >= 15 is 0 Å². The molecule has 2 N–H and O–H groups in total. The standard InChI is InChI=1S/C14H22FNO2/c1-3-18-10-4-9-16-11(2)14(17)12-5-7-13(15)8-6-12/h5-8,11,14,16-17H,3-4,9-10H2,1-2H3. The molecule has 0 aliphatic heterocycles. The van der Waals surface area contributed by atoms with Crippen molar-refractivity contribution >= 4 is 0 Å². The monoisotopic (exact) mass is 255 g/mol. The van der Waals surface area contributed by atoms with Gasteiger partial charge in [-0.25, -0.2) is 4.39 Å². The normalized spacial score (nSPS) is 14.4. The van der Waals surface area contributed by atoms with Gasteiger partial charge in [0.1, 0.15) is 5.82 Å². The lowest BCUT2D eigenvalue weighted by molar-refractivity contribution is 0.125. The Kier molecular flexibility index (Phi) is 6.86. The molecule has 0 amide bonds. The fourth-order valence-corrected chi connectivity index (χ4v) is 1.71. The number of aliphatic hydroxyl groups excluding tert-OH is 1. The van der Waals surface area contributed by atoms with E-state index in [0.717, 1.165) is 31.7 Å². The fourth-order valence-electron chi connectivity index (χ4n) is 1.71. The van der Waals surface area contributed by atoms with Crippen LogP contribution in [0.2, 0.25) is 0 Å². The summed E-state index contributed by atoms with van der Waals surface area (Å²) in [4.78, 5) is 0. The van der Waals surface area contributed by atoms with Gasteiger partial charge in [0.15, 0.2) is 0 Å². The Labute approximate surface area is 108 Å². The van der Waals surface area contributed by atoms with Crippen molar-refractivity contribution in [1.82, 2.24) is 5.32 Å². The molecule has 1 rings (SSSR count). The SMILES string of the molecule is CCOCCCNC(C)C(O)c1ccc(F)cc1. The number of halogens is 1. The zero-order chi connectivity index (χ0) is 13.4. The molecule has 0 heterocycles. The van der Waals surface area contributed by atoms with E-state index in [4.69, 9.17) is 4.74 Å². The molecule has 2 unspecified atom stereocenters. The second-order valence-electron chi connectivity index (χ2n) is 4.29. The zero-order valence-electron chi connectivity index (χ0n) is 11.0. The Hall–Kier alpha value is -0.970. The second kappa shape index (κ2) is 8.19. The van der Waals surface area contributed by atoms with Crippen LogP contribution in [0.4, 0.5) is 4.39 Å². The number of hydrogen-bond acceptors (Lipinski definition) is 3. The predicted octanol–water partition coefficient (Wildman–Crippen LogP) is 2.26. The van der Waals surface area contributed by atoms with Gasteiger partial charge in [-0.3, -0.25) is 0 Å². The van der Waals surface area contributed by atoms with Crippen LogP contribution in [-0.2, 0) is 4.74 Å². The first-order chi connectivity index (χ1) is 8.65. The molecule has 0 fully saturated rings. The molecule has 0 aliphatic rings. The molecule has 4 heteroatoms. The van der Waals surface area contributed by atoms with Crippen LogP contribution in [0.15, 0.2) is 24.3 Å². The highest BCUT2D eigenvalue weighted by Crippen LogP contribution is 2.16. The van der Waals surface area contributed by atoms with Crippen molar-refractivity contribution in [1.29, 1.82) is 0 Å². The van der Waals surface area contributed by atoms with E-state index in [9.17, 15) is 9.50 Å². The number of rotatable bonds is 8. The van der Waals surface area contributed by atoms with Crippen molar-refractivity contribution in [3.05, 3.63) is 35.6 Å². The molecule has 0 saturated heterocycles. The number of ether oxygens (including phenoxy) is 1. The number of nitrogens with one attached hydrogen (secondary N) is 1. The van der Waals surface area contributed by atoms with Crippen LogP contribution < -0.4 is 5.32 Å². The van der Waals surface area contributed by atoms with Crippen molar-refractivity contribution < 1.29 is 14.2 Å². The Bertz CT molecular complexity index is 329. The average molecular weight is 255 g/mol. The Morgan fingerprint density at radius 1 is 1.33 bits per heavy atom. The minimum atomic E-state index is -0.627. The van der Waals surface area contributed by atoms with E-state index in [1.165, 1.54) is 12.1 Å². The van der Waals surface area contributed by atoms with E-state index in [1.54, 1.807) is 12.1 Å². The maximum atomic E-state index is 12.8. The van der Waals surface area contributed by atoms with Gasteiger partial charge in [-0.15, -0.1) is 0 Å². The fraction of sp³-hybridized carbons (Fsp3) is 0.571. The van der Waals surface area contributed by atoms with Gasteiger partial charge < -0.3 is 15.2 Å². The molecule has 0 aliphatic carbocycles. The number of benzene rings is 1. The summed E-state index contributed by atoms with van der Waals surface area (Å²) in [6, 6.07) is 5.87. The highest BCUT2D eigenvalue weighted by molar-refractivity contribution is 5.19. The number of aliphatic hydroxyl groups is 1. The van der Waals surface area contributed by atoms with Gasteiger partial charge in [-0.1, -0.05) is 12.1 Å². The summed E-state index contributed by atoms with van der Waals surface area (Å²) >= 11 is 0. The molecule has 0 bridgehead atoms. The molecule has 1 aromatic rings. The minimum absolute atomic E-state index is 0.0721. The third-order valence-corrected chi connectivity index (χ3v) is 2.82. The highest BCUT2D eigenvalue weighted by Gasteiger charge is 2.15. The summed E-state index contributed by atoms with van der Waals surface area (Å²) in [6.45, 7) is 6.12. The van der Waals surface area contributed by atoms with Crippen LogP contribution in [0.5, 0.6) is 0 Å². The van der Waals surface area contributed by atoms with Gasteiger partial charge in [-0.05, 0) is 44.5 Å². The smallest absolute Gasteiger partial charge is 0.123 e. The van der Waals surface area contributed by atoms with Crippen LogP contribution in [0.25, 0.3) is 0 Å². The van der Waals surface area contributed by atoms with E-state index in [0.29, 0.717) is 0 Å². The Balaban J connectivity index is 2.32. The lowest BCUT2D eigenvalue weighted by Gasteiger charge is -2.20. The van der Waals surface area contributed by atoms with Gasteiger partial charge in [0, 0.05) is 19.3 Å². The summed E-state index contributed by atoms with van der Waals surface area (Å²) < 4.78 is 18.0. The van der Waals surface area contributed by atoms with Crippen LogP contribution in [0.3, 0.4) is 0 Å². The molecule has 0 saturated carbocycles. The van der Waals surface area contributed by atoms with E-state index in [1.807, 2.05) is 13.8 Å². The third kappa shape index (κ3) is 5.12. The van der Waals surface area contributed by atoms with Gasteiger partial charge in [-0.2, -0.15) is 0 Å². The van der Waals surface area contributed by atoms with Crippen LogP contribution in [-0.4, -0.2) is 30.9 Å². The van der Waals surface area contributed by atoms with E-state index < -0.39 is 6.10 Å². The number of hydrogen-bond donors (Lipinski definition) is 2. The van der Waals surface area contributed by atoms with Crippen LogP contribution >= 0.6 is 0 Å². The zero-order valence-corrected chi connectivity index (χ0v) is 11.0. The minimum Gasteiger partial charge on any atom is -0.387 e. The Morgan fingerprint density at radius 2 is 2.00 bits per heavy atom. The molecular formula is C14H22FNO2. The summed E-state index contributed by atoms with van der Waals surface area (Å²) in [6.07, 6.45) is 0.284. The molecule has 102 valence electrons. The summed E-state index contributed by atoms with van der Waals surface area (Å²) in [5.74, 6) is -0.289. The third-order valence-electron chi connectivity index (χ3n) is 2.82. The predicted molar refractivity (Wildman–Crippen MR) is 69.9 cm³/mol. The first kappa shape index (κ1) is 15.1. The van der Waals surface area contributed by atoms with Gasteiger partial charge in [0.05, 0.1) is 6.10 Å². The van der Waals surface area contributed by atoms with Crippen LogP contribution in [0, 0.1) is 5.82 Å². The van der Waals surface area contributed by atoms with Gasteiger partial charge in [0.2, 0.25) is 0 Å². The maximum absolute atomic E-state index is 12.8. The van der Waals surface area contributed by atoms with E-state index in [-0.39, 0.29) is 11.9 Å². The molecule has 18 heavy (non-hydrogen) atoms. The van der Waals surface area contributed by atoms with Gasteiger partial charge >= 0.3 is 0 Å². The first-order valence-corrected chi connectivity index (χ1v) is 6.39. The largest absolute Gasteiger partial charge is 0.387 e. The Morgan fingerprint density at radius 3 is 2.61 bits per heavy atom. The van der Waals surface area contributed by atoms with Crippen LogP contribution in [0.1, 0.15) is 31.9 Å². The molecule has 1 aromatic carbocycles. The molecule has 0 spiro atoms. The topological polar surface area (TPSA) is 41.5 Å². The molecule has 0 radical (unpaired) electrons. The van der Waals surface area contributed by atoms with Crippen molar-refractivity contribution in [3.8, 4) is 0 Å². The summed E-state index contributed by atoms with van der Waals surface area (Å²) in [5.41, 5.74) is 0.723. The van der Waals surface area contributed by atoms with E-state index in [2.05, 4.69) is 5.32 Å². The van der Waals surface area contributed by atoms with Crippen molar-refractivity contribution in [2.75, 3.05) is 19.8 Å². The lowest BCUT2D eigenvalue weighted by Crippen LogP contribution is -2.33. The van der Waals surface area contributed by atoms with Crippen molar-refractivity contribution in [2.24, 2.45) is 0 Å². The van der Waals surface area contributed by atoms with Crippen molar-refractivity contribution in [2.45, 2.75) is 32.4 Å². The molecular weight excluding hydrogens is 233 g/mol. The first-order valence-electron chi connectivity index (χ1n) is 6.39. The quantitative estimate of drug-likeness (QED) is 0.700. The van der Waals surface area contributed by atoms with Gasteiger partial charge in [0.25, 0.3) is 0 Å². The molecule has 0 aromatic heterocycles. The lowest BCUT2D eigenvalue weighted by atomic mass is 10.0. The molecule has 2 atom stereocenters. The second-order valence-corrected chi connectivity index (χ2v) is 4.29. The maximum Gasteiger partial charge on any atom is 0.123 e.